The van der Waals surface area contributed by atoms with Gasteiger partial charge in [-0.3, -0.25) is 19.6 Å². The average Bonchev–Trinajstić information content (AvgIpc) is 3.24. The molecule has 1 aromatic heterocycles. The normalized spacial score (nSPS) is 25.9. The first-order valence-electron chi connectivity index (χ1n) is 8.59. The number of aromatic nitrogens is 3. The summed E-state index contributed by atoms with van der Waals surface area (Å²) in [5.41, 5.74) is 0.603. The molecule has 10 nitrogen and oxygen atoms in total. The fourth-order valence-electron chi connectivity index (χ4n) is 3.55. The van der Waals surface area contributed by atoms with Crippen molar-refractivity contribution in [3.8, 4) is 0 Å². The number of esters is 1. The van der Waals surface area contributed by atoms with Gasteiger partial charge in [-0.05, 0) is 24.6 Å². The van der Waals surface area contributed by atoms with Crippen molar-refractivity contribution < 1.29 is 19.2 Å². The van der Waals surface area contributed by atoms with Gasteiger partial charge in [-0.15, -0.1) is 11.8 Å². The molecule has 3 unspecified atom stereocenters. The number of nitro benzene ring substituents is 1. The highest BCUT2D eigenvalue weighted by atomic mass is 32.2. The van der Waals surface area contributed by atoms with E-state index in [2.05, 4.69) is 10.1 Å². The molecule has 0 aliphatic carbocycles. The zero-order valence-electron chi connectivity index (χ0n) is 14.9. The molecular formula is C17H17N5O5S. The molecule has 0 bridgehead atoms. The van der Waals surface area contributed by atoms with Gasteiger partial charge < -0.3 is 9.64 Å². The minimum atomic E-state index is -0.731. The first-order valence-corrected chi connectivity index (χ1v) is 9.47. The summed E-state index contributed by atoms with van der Waals surface area (Å²) in [5, 5.41) is 14.8. The number of thioether (sulfide) groups is 1. The van der Waals surface area contributed by atoms with Gasteiger partial charge in [0.2, 0.25) is 5.91 Å². The van der Waals surface area contributed by atoms with Crippen LogP contribution in [0.5, 0.6) is 0 Å². The lowest BCUT2D eigenvalue weighted by Crippen LogP contribution is -2.58. The maximum Gasteiger partial charge on any atom is 0.330 e. The predicted molar refractivity (Wildman–Crippen MR) is 97.9 cm³/mol. The molecule has 1 aromatic carbocycles. The Bertz CT molecular complexity index is 919. The molecule has 1 amide bonds. The predicted octanol–water partition coefficient (Wildman–Crippen LogP) is 1.36. The second kappa shape index (κ2) is 6.89. The largest absolute Gasteiger partial charge is 0.459 e. The molecule has 28 heavy (non-hydrogen) atoms. The van der Waals surface area contributed by atoms with E-state index in [9.17, 15) is 19.7 Å². The molecule has 2 aromatic rings. The summed E-state index contributed by atoms with van der Waals surface area (Å²) in [4.78, 5) is 40.7. The number of β-lactam (4-membered cyclic amide) rings is 1. The summed E-state index contributed by atoms with van der Waals surface area (Å²) in [6, 6.07) is 5.07. The number of nitro groups is 1. The van der Waals surface area contributed by atoms with E-state index in [4.69, 9.17) is 4.74 Å². The average molecular weight is 403 g/mol. The molecular weight excluding hydrogens is 386 g/mol. The summed E-state index contributed by atoms with van der Waals surface area (Å²) in [7, 11) is 0. The third-order valence-corrected chi connectivity index (χ3v) is 6.46. The molecule has 0 radical (unpaired) electrons. The molecule has 0 N–H and O–H groups in total. The molecule has 2 aliphatic heterocycles. The van der Waals surface area contributed by atoms with E-state index >= 15 is 0 Å². The van der Waals surface area contributed by atoms with Gasteiger partial charge in [0.25, 0.3) is 5.69 Å². The number of rotatable bonds is 6. The molecule has 0 saturated carbocycles. The van der Waals surface area contributed by atoms with Crippen LogP contribution in [0.4, 0.5) is 5.69 Å². The number of ether oxygens (including phenoxy) is 1. The van der Waals surface area contributed by atoms with Crippen molar-refractivity contribution in [2.24, 2.45) is 0 Å². The summed E-state index contributed by atoms with van der Waals surface area (Å²) >= 11 is 1.57. The molecule has 4 rings (SSSR count). The minimum Gasteiger partial charge on any atom is -0.459 e. The lowest BCUT2D eigenvalue weighted by Gasteiger charge is -2.37. The molecule has 2 aliphatic rings. The summed E-state index contributed by atoms with van der Waals surface area (Å²) in [6.07, 6.45) is 3.40. The van der Waals surface area contributed by atoms with Gasteiger partial charge in [0.1, 0.15) is 25.3 Å². The van der Waals surface area contributed by atoms with Crippen molar-refractivity contribution in [1.82, 2.24) is 19.7 Å². The highest BCUT2D eigenvalue weighted by Crippen LogP contribution is 2.51. The molecule has 3 heterocycles. The van der Waals surface area contributed by atoms with Crippen LogP contribution in [-0.4, -0.2) is 52.6 Å². The smallest absolute Gasteiger partial charge is 0.330 e. The van der Waals surface area contributed by atoms with Crippen LogP contribution in [0.1, 0.15) is 18.9 Å². The fourth-order valence-corrected chi connectivity index (χ4v) is 5.30. The van der Waals surface area contributed by atoms with Crippen molar-refractivity contribution in [2.75, 3.05) is 0 Å². The van der Waals surface area contributed by atoms with Crippen molar-refractivity contribution in [2.45, 2.75) is 42.7 Å². The Hall–Kier alpha value is -2.95. The lowest BCUT2D eigenvalue weighted by atomic mass is 9.96. The Labute approximate surface area is 164 Å². The molecule has 2 fully saturated rings. The second-order valence-corrected chi connectivity index (χ2v) is 8.63. The number of amides is 1. The Balaban J connectivity index is 1.48. The zero-order valence-corrected chi connectivity index (χ0v) is 15.7. The summed E-state index contributed by atoms with van der Waals surface area (Å²) < 4.78 is 6.51. The highest BCUT2D eigenvalue weighted by Gasteiger charge is 2.61. The monoisotopic (exact) mass is 403 g/mol. The van der Waals surface area contributed by atoms with Gasteiger partial charge in [0, 0.05) is 12.1 Å². The number of non-ortho nitro benzene ring substituents is 1. The van der Waals surface area contributed by atoms with Gasteiger partial charge in [-0.25, -0.2) is 9.78 Å². The van der Waals surface area contributed by atoms with Crippen LogP contribution in [-0.2, 0) is 27.5 Å². The Kier molecular flexibility index (Phi) is 4.53. The Morgan fingerprint density at radius 3 is 2.79 bits per heavy atom. The van der Waals surface area contributed by atoms with Crippen LogP contribution in [0.25, 0.3) is 0 Å². The van der Waals surface area contributed by atoms with Crippen LogP contribution in [0.2, 0.25) is 0 Å². The van der Waals surface area contributed by atoms with Crippen LogP contribution in [0, 0.1) is 10.1 Å². The number of carbonyl (C=O) groups is 2. The SMILES string of the molecule is CC1(Cn2cncn2)SC2CC(=O)N2C1C(=O)OCc1ccc([N+](=O)[O-])cc1. The molecule has 11 heteroatoms. The second-order valence-electron chi connectivity index (χ2n) is 6.92. The summed E-state index contributed by atoms with van der Waals surface area (Å²) in [5.74, 6) is -0.568. The third-order valence-electron chi connectivity index (χ3n) is 4.90. The maximum atomic E-state index is 12.9. The number of fused-ring (bicyclic) bond motifs is 1. The topological polar surface area (TPSA) is 120 Å². The van der Waals surface area contributed by atoms with Crippen molar-refractivity contribution >= 4 is 29.3 Å². The van der Waals surface area contributed by atoms with E-state index in [0.29, 0.717) is 18.5 Å². The van der Waals surface area contributed by atoms with Gasteiger partial charge in [0.15, 0.2) is 0 Å². The molecule has 2 saturated heterocycles. The van der Waals surface area contributed by atoms with Crippen molar-refractivity contribution in [3.63, 3.8) is 0 Å². The lowest BCUT2D eigenvalue weighted by molar-refractivity contribution is -0.384. The number of hydrogen-bond donors (Lipinski definition) is 0. The van der Waals surface area contributed by atoms with Crippen molar-refractivity contribution in [3.05, 3.63) is 52.6 Å². The highest BCUT2D eigenvalue weighted by molar-refractivity contribution is 8.01. The zero-order chi connectivity index (χ0) is 19.9. The first kappa shape index (κ1) is 18.4. The van der Waals surface area contributed by atoms with Gasteiger partial charge >= 0.3 is 5.97 Å². The van der Waals surface area contributed by atoms with Gasteiger partial charge in [-0.1, -0.05) is 0 Å². The molecule has 0 spiro atoms. The fraction of sp³-hybridized carbons (Fsp3) is 0.412. The number of hydrogen-bond acceptors (Lipinski definition) is 8. The van der Waals surface area contributed by atoms with E-state index in [1.165, 1.54) is 18.5 Å². The first-order chi connectivity index (χ1) is 13.4. The summed E-state index contributed by atoms with van der Waals surface area (Å²) in [6.45, 7) is 2.31. The van der Waals surface area contributed by atoms with Crippen LogP contribution < -0.4 is 0 Å². The van der Waals surface area contributed by atoms with Crippen LogP contribution >= 0.6 is 11.8 Å². The van der Waals surface area contributed by atoms with E-state index in [1.54, 1.807) is 39.8 Å². The number of carbonyl (C=O) groups excluding carboxylic acids is 2. The third kappa shape index (κ3) is 3.21. The molecule has 146 valence electrons. The Morgan fingerprint density at radius 2 is 2.18 bits per heavy atom. The standard InChI is InChI=1S/C17H17N5O5S/c1-17(8-20-10-18-9-19-20)15(21-13(23)6-14(21)28-17)16(24)27-7-11-2-4-12(5-3-11)22(25)26/h2-5,9-10,14-15H,6-8H2,1H3. The van der Waals surface area contributed by atoms with E-state index < -0.39 is 21.7 Å². The van der Waals surface area contributed by atoms with E-state index in [1.807, 2.05) is 6.92 Å². The number of benzene rings is 1. The maximum absolute atomic E-state index is 12.9. The quantitative estimate of drug-likeness (QED) is 0.307. The van der Waals surface area contributed by atoms with Gasteiger partial charge in [0.05, 0.1) is 28.0 Å². The minimum absolute atomic E-state index is 0.0237. The van der Waals surface area contributed by atoms with E-state index in [-0.39, 0.29) is 23.6 Å². The van der Waals surface area contributed by atoms with Crippen LogP contribution in [0.3, 0.4) is 0 Å². The number of nitrogens with zero attached hydrogens (tertiary/aromatic N) is 5. The Morgan fingerprint density at radius 1 is 1.43 bits per heavy atom. The van der Waals surface area contributed by atoms with Crippen LogP contribution in [0.15, 0.2) is 36.9 Å². The van der Waals surface area contributed by atoms with Crippen molar-refractivity contribution in [1.29, 1.82) is 0 Å². The van der Waals surface area contributed by atoms with E-state index in [0.717, 1.165) is 0 Å². The molecule has 3 atom stereocenters. The van der Waals surface area contributed by atoms with Gasteiger partial charge in [-0.2, -0.15) is 5.10 Å².